The molecule has 1 aromatic heterocycles. The average molecular weight is 310 g/mol. The van der Waals surface area contributed by atoms with Gasteiger partial charge in [0.15, 0.2) is 0 Å². The molecule has 0 aliphatic carbocycles. The van der Waals surface area contributed by atoms with Gasteiger partial charge in [0.05, 0.1) is 6.04 Å². The standard InChI is InChI=1S/C16H23N3O.ClH/c1-16(2,3)14(17)15(20)18-9-8-11-10-19-13-7-5-4-6-12(11)13;/h4-7,10,14,19H,8-9,17H2,1-3H3,(H,18,20);1H/t14-;/m1./s1. The Kier molecular flexibility index (Phi) is 5.81. The Morgan fingerprint density at radius 2 is 2.00 bits per heavy atom. The molecule has 21 heavy (non-hydrogen) atoms. The molecule has 0 saturated carbocycles. The van der Waals surface area contributed by atoms with E-state index in [1.807, 2.05) is 45.2 Å². The van der Waals surface area contributed by atoms with Gasteiger partial charge >= 0.3 is 0 Å². The van der Waals surface area contributed by atoms with Crippen LogP contribution >= 0.6 is 12.4 Å². The Labute approximate surface area is 131 Å². The van der Waals surface area contributed by atoms with Crippen LogP contribution in [-0.4, -0.2) is 23.5 Å². The van der Waals surface area contributed by atoms with E-state index in [0.717, 1.165) is 11.9 Å². The second kappa shape index (κ2) is 6.96. The Bertz CT molecular complexity index is 601. The van der Waals surface area contributed by atoms with Crippen molar-refractivity contribution in [2.45, 2.75) is 33.2 Å². The van der Waals surface area contributed by atoms with Crippen molar-refractivity contribution >= 4 is 29.2 Å². The SMILES string of the molecule is CC(C)(C)[C@H](N)C(=O)NCCc1c[nH]c2ccccc12.Cl. The summed E-state index contributed by atoms with van der Waals surface area (Å²) in [5.41, 5.74) is 8.05. The van der Waals surface area contributed by atoms with Crippen molar-refractivity contribution in [3.05, 3.63) is 36.0 Å². The molecule has 4 N–H and O–H groups in total. The molecule has 4 nitrogen and oxygen atoms in total. The van der Waals surface area contributed by atoms with Crippen molar-refractivity contribution in [3.8, 4) is 0 Å². The summed E-state index contributed by atoms with van der Waals surface area (Å²) < 4.78 is 0. The molecular weight excluding hydrogens is 286 g/mol. The molecule has 1 aromatic carbocycles. The van der Waals surface area contributed by atoms with Gasteiger partial charge in [-0.2, -0.15) is 0 Å². The number of aromatic nitrogens is 1. The van der Waals surface area contributed by atoms with Crippen molar-refractivity contribution < 1.29 is 4.79 Å². The number of aromatic amines is 1. The van der Waals surface area contributed by atoms with Crippen LogP contribution in [0.15, 0.2) is 30.5 Å². The zero-order valence-electron chi connectivity index (χ0n) is 12.8. The minimum absolute atomic E-state index is 0. The summed E-state index contributed by atoms with van der Waals surface area (Å²) in [4.78, 5) is 15.2. The average Bonchev–Trinajstić information content (AvgIpc) is 2.80. The highest BCUT2D eigenvalue weighted by Gasteiger charge is 2.26. The van der Waals surface area contributed by atoms with Crippen molar-refractivity contribution in [1.29, 1.82) is 0 Å². The van der Waals surface area contributed by atoms with E-state index in [1.54, 1.807) is 0 Å². The first-order chi connectivity index (χ1) is 9.39. The Morgan fingerprint density at radius 1 is 1.33 bits per heavy atom. The fraction of sp³-hybridized carbons (Fsp3) is 0.438. The van der Waals surface area contributed by atoms with E-state index in [2.05, 4.69) is 16.4 Å². The summed E-state index contributed by atoms with van der Waals surface area (Å²) in [6.07, 6.45) is 2.80. The third-order valence-electron chi connectivity index (χ3n) is 3.58. The summed E-state index contributed by atoms with van der Waals surface area (Å²) in [7, 11) is 0. The first-order valence-corrected chi connectivity index (χ1v) is 6.98. The number of carbonyl (C=O) groups excluding carboxylic acids is 1. The number of para-hydroxylation sites is 1. The summed E-state index contributed by atoms with van der Waals surface area (Å²) in [5, 5.41) is 4.12. The van der Waals surface area contributed by atoms with Gasteiger partial charge in [0, 0.05) is 23.6 Å². The lowest BCUT2D eigenvalue weighted by atomic mass is 9.87. The predicted molar refractivity (Wildman–Crippen MR) is 89.7 cm³/mol. The van der Waals surface area contributed by atoms with Crippen LogP contribution in [0.5, 0.6) is 0 Å². The Balaban J connectivity index is 0.00000220. The molecular formula is C16H24ClN3O. The maximum absolute atomic E-state index is 11.9. The third-order valence-corrected chi connectivity index (χ3v) is 3.58. The first kappa shape index (κ1) is 17.5. The van der Waals surface area contributed by atoms with E-state index in [-0.39, 0.29) is 23.7 Å². The van der Waals surface area contributed by atoms with Crippen molar-refractivity contribution in [3.63, 3.8) is 0 Å². The normalized spacial score (nSPS) is 12.8. The Morgan fingerprint density at radius 3 is 2.67 bits per heavy atom. The van der Waals surface area contributed by atoms with E-state index in [1.165, 1.54) is 10.9 Å². The number of carbonyl (C=O) groups is 1. The number of rotatable bonds is 4. The molecule has 0 bridgehead atoms. The third kappa shape index (κ3) is 4.22. The predicted octanol–water partition coefficient (Wildman–Crippen LogP) is 2.62. The van der Waals surface area contributed by atoms with Crippen LogP contribution in [0.3, 0.4) is 0 Å². The molecule has 0 aliphatic heterocycles. The van der Waals surface area contributed by atoms with Crippen LogP contribution < -0.4 is 11.1 Å². The molecule has 1 amide bonds. The van der Waals surface area contributed by atoms with Gasteiger partial charge in [0.2, 0.25) is 5.91 Å². The van der Waals surface area contributed by atoms with Gasteiger partial charge in [-0.3, -0.25) is 4.79 Å². The summed E-state index contributed by atoms with van der Waals surface area (Å²) in [6.45, 7) is 6.51. The second-order valence-electron chi connectivity index (χ2n) is 6.24. The van der Waals surface area contributed by atoms with Crippen LogP contribution in [0.4, 0.5) is 0 Å². The van der Waals surface area contributed by atoms with Gasteiger partial charge in [-0.15, -0.1) is 12.4 Å². The fourth-order valence-electron chi connectivity index (χ4n) is 2.16. The van der Waals surface area contributed by atoms with E-state index < -0.39 is 6.04 Å². The number of nitrogens with two attached hydrogens (primary N) is 1. The molecule has 1 heterocycles. The molecule has 2 rings (SSSR count). The highest BCUT2D eigenvalue weighted by atomic mass is 35.5. The lowest BCUT2D eigenvalue weighted by Gasteiger charge is -2.25. The molecule has 5 heteroatoms. The number of nitrogens with one attached hydrogen (secondary N) is 2. The maximum Gasteiger partial charge on any atom is 0.237 e. The van der Waals surface area contributed by atoms with Crippen LogP contribution in [0.25, 0.3) is 10.9 Å². The number of amides is 1. The van der Waals surface area contributed by atoms with Gasteiger partial charge in [-0.05, 0) is 23.5 Å². The van der Waals surface area contributed by atoms with Crippen molar-refractivity contribution in [2.24, 2.45) is 11.1 Å². The number of H-pyrrole nitrogens is 1. The van der Waals surface area contributed by atoms with Gasteiger partial charge in [0.25, 0.3) is 0 Å². The van der Waals surface area contributed by atoms with Crippen molar-refractivity contribution in [2.75, 3.05) is 6.54 Å². The van der Waals surface area contributed by atoms with E-state index in [9.17, 15) is 4.79 Å². The summed E-state index contributed by atoms with van der Waals surface area (Å²) >= 11 is 0. The highest BCUT2D eigenvalue weighted by molar-refractivity contribution is 5.85. The second-order valence-corrected chi connectivity index (χ2v) is 6.24. The van der Waals surface area contributed by atoms with Crippen LogP contribution in [-0.2, 0) is 11.2 Å². The molecule has 2 aromatic rings. The van der Waals surface area contributed by atoms with E-state index in [4.69, 9.17) is 5.73 Å². The molecule has 0 unspecified atom stereocenters. The topological polar surface area (TPSA) is 70.9 Å². The highest BCUT2D eigenvalue weighted by Crippen LogP contribution is 2.18. The fourth-order valence-corrected chi connectivity index (χ4v) is 2.16. The molecule has 1 atom stereocenters. The van der Waals surface area contributed by atoms with Crippen molar-refractivity contribution in [1.82, 2.24) is 10.3 Å². The zero-order chi connectivity index (χ0) is 14.8. The van der Waals surface area contributed by atoms with E-state index >= 15 is 0 Å². The minimum atomic E-state index is -0.481. The van der Waals surface area contributed by atoms with Gasteiger partial charge in [-0.25, -0.2) is 0 Å². The van der Waals surface area contributed by atoms with Crippen LogP contribution in [0, 0.1) is 5.41 Å². The number of fused-ring (bicyclic) bond motifs is 1. The van der Waals surface area contributed by atoms with Crippen LogP contribution in [0.2, 0.25) is 0 Å². The lowest BCUT2D eigenvalue weighted by Crippen LogP contribution is -2.48. The maximum atomic E-state index is 11.9. The van der Waals surface area contributed by atoms with Gasteiger partial charge in [0.1, 0.15) is 0 Å². The monoisotopic (exact) mass is 309 g/mol. The van der Waals surface area contributed by atoms with Gasteiger partial charge < -0.3 is 16.0 Å². The van der Waals surface area contributed by atoms with E-state index in [0.29, 0.717) is 6.54 Å². The summed E-state index contributed by atoms with van der Waals surface area (Å²) in [6, 6.07) is 7.68. The molecule has 0 spiro atoms. The molecule has 0 aliphatic rings. The van der Waals surface area contributed by atoms with Crippen LogP contribution in [0.1, 0.15) is 26.3 Å². The summed E-state index contributed by atoms with van der Waals surface area (Å²) in [5.74, 6) is -0.0858. The minimum Gasteiger partial charge on any atom is -0.361 e. The lowest BCUT2D eigenvalue weighted by molar-refractivity contribution is -0.124. The molecule has 0 radical (unpaired) electrons. The largest absolute Gasteiger partial charge is 0.361 e. The molecule has 116 valence electrons. The smallest absolute Gasteiger partial charge is 0.237 e. The zero-order valence-corrected chi connectivity index (χ0v) is 13.6. The number of hydrogen-bond acceptors (Lipinski definition) is 2. The Hall–Kier alpha value is -1.52. The number of hydrogen-bond donors (Lipinski definition) is 3. The number of benzene rings is 1. The molecule has 0 saturated heterocycles. The quantitative estimate of drug-likeness (QED) is 0.812. The molecule has 0 fully saturated rings. The number of halogens is 1. The van der Waals surface area contributed by atoms with Gasteiger partial charge in [-0.1, -0.05) is 39.0 Å². The first-order valence-electron chi connectivity index (χ1n) is 6.98.